The third kappa shape index (κ3) is 4.00. The standard InChI is InChI=1S/C17H18N4O3.HNO2/c1-17(2,3)11-8-21(12-7-10(16(22)23)5-6-18-12)14-13(11)15(24-4)20-9-19-14;2-1-3/h5-9H,1-4H3,(H,22,23);(H,2,3). The van der Waals surface area contributed by atoms with E-state index in [4.69, 9.17) is 14.9 Å². The van der Waals surface area contributed by atoms with E-state index in [0.29, 0.717) is 17.3 Å². The number of rotatable bonds is 3. The number of methoxy groups -OCH3 is 1. The summed E-state index contributed by atoms with van der Waals surface area (Å²) in [6.45, 7) is 6.25. The first-order valence-corrected chi connectivity index (χ1v) is 7.81. The van der Waals surface area contributed by atoms with Crippen molar-refractivity contribution in [3.63, 3.8) is 0 Å². The van der Waals surface area contributed by atoms with Crippen molar-refractivity contribution in [1.29, 1.82) is 0 Å². The molecular formula is C17H19N5O5. The molecule has 0 atom stereocenters. The second-order valence-corrected chi connectivity index (χ2v) is 6.53. The Kier molecular flexibility index (Phi) is 5.69. The molecule has 0 saturated carbocycles. The topological polar surface area (TPSA) is 140 Å². The Morgan fingerprint density at radius 3 is 2.48 bits per heavy atom. The van der Waals surface area contributed by atoms with E-state index >= 15 is 0 Å². The van der Waals surface area contributed by atoms with Crippen LogP contribution in [-0.2, 0) is 5.41 Å². The number of carboxylic acid groups (broad SMARTS) is 1. The van der Waals surface area contributed by atoms with Crippen LogP contribution in [0.25, 0.3) is 16.9 Å². The summed E-state index contributed by atoms with van der Waals surface area (Å²) in [7, 11) is 1.56. The van der Waals surface area contributed by atoms with Crippen LogP contribution in [0.3, 0.4) is 0 Å². The average molecular weight is 373 g/mol. The maximum absolute atomic E-state index is 11.2. The Labute approximate surface area is 154 Å². The van der Waals surface area contributed by atoms with Gasteiger partial charge >= 0.3 is 5.97 Å². The molecule has 10 nitrogen and oxygen atoms in total. The van der Waals surface area contributed by atoms with E-state index in [1.54, 1.807) is 11.7 Å². The van der Waals surface area contributed by atoms with Gasteiger partial charge in [0.1, 0.15) is 12.1 Å². The zero-order valence-electron chi connectivity index (χ0n) is 15.2. The van der Waals surface area contributed by atoms with Crippen LogP contribution in [0.4, 0.5) is 0 Å². The second-order valence-electron chi connectivity index (χ2n) is 6.53. The van der Waals surface area contributed by atoms with Crippen LogP contribution in [0.15, 0.2) is 36.2 Å². The van der Waals surface area contributed by atoms with Crippen molar-refractivity contribution in [2.45, 2.75) is 26.2 Å². The van der Waals surface area contributed by atoms with Crippen LogP contribution in [-0.4, -0.2) is 42.9 Å². The van der Waals surface area contributed by atoms with Gasteiger partial charge < -0.3 is 15.1 Å². The predicted octanol–water partition coefficient (Wildman–Crippen LogP) is 2.96. The highest BCUT2D eigenvalue weighted by atomic mass is 16.6. The number of aromatic nitrogens is 4. The molecule has 10 heteroatoms. The molecule has 3 aromatic rings. The smallest absolute Gasteiger partial charge is 0.335 e. The fourth-order valence-electron chi connectivity index (χ4n) is 2.62. The monoisotopic (exact) mass is 373 g/mol. The van der Waals surface area contributed by atoms with Crippen LogP contribution >= 0.6 is 0 Å². The van der Waals surface area contributed by atoms with Gasteiger partial charge in [0.2, 0.25) is 5.88 Å². The van der Waals surface area contributed by atoms with Gasteiger partial charge in [-0.2, -0.15) is 0 Å². The minimum Gasteiger partial charge on any atom is -0.480 e. The molecule has 0 fully saturated rings. The molecule has 0 spiro atoms. The van der Waals surface area contributed by atoms with E-state index < -0.39 is 5.97 Å². The Bertz CT molecular complexity index is 977. The van der Waals surface area contributed by atoms with Gasteiger partial charge in [0.15, 0.2) is 11.0 Å². The van der Waals surface area contributed by atoms with Crippen molar-refractivity contribution >= 4 is 17.0 Å². The largest absolute Gasteiger partial charge is 0.480 e. The number of ether oxygens (including phenoxy) is 1. The molecule has 0 radical (unpaired) electrons. The maximum Gasteiger partial charge on any atom is 0.335 e. The van der Waals surface area contributed by atoms with E-state index in [0.717, 1.165) is 10.9 Å². The number of pyridine rings is 1. The van der Waals surface area contributed by atoms with Crippen molar-refractivity contribution < 1.29 is 19.8 Å². The van der Waals surface area contributed by atoms with Crippen LogP contribution < -0.4 is 4.74 Å². The number of aromatic carboxylic acids is 1. The molecule has 142 valence electrons. The van der Waals surface area contributed by atoms with E-state index in [1.807, 2.05) is 6.20 Å². The van der Waals surface area contributed by atoms with Gasteiger partial charge in [-0.25, -0.2) is 19.7 Å². The normalized spacial score (nSPS) is 10.8. The van der Waals surface area contributed by atoms with Gasteiger partial charge in [0.05, 0.1) is 18.1 Å². The fourth-order valence-corrected chi connectivity index (χ4v) is 2.62. The molecule has 3 heterocycles. The Morgan fingerprint density at radius 2 is 1.93 bits per heavy atom. The van der Waals surface area contributed by atoms with Crippen LogP contribution in [0.2, 0.25) is 0 Å². The summed E-state index contributed by atoms with van der Waals surface area (Å²) < 4.78 is 7.17. The summed E-state index contributed by atoms with van der Waals surface area (Å²) in [6, 6.07) is 2.97. The van der Waals surface area contributed by atoms with Gasteiger partial charge in [-0.3, -0.25) is 4.57 Å². The van der Waals surface area contributed by atoms with E-state index in [1.165, 1.54) is 30.0 Å². The molecule has 2 N–H and O–H groups in total. The summed E-state index contributed by atoms with van der Waals surface area (Å²) in [5.41, 5.74) is 1.62. The molecule has 0 saturated heterocycles. The Hall–Kier alpha value is -3.56. The van der Waals surface area contributed by atoms with Crippen molar-refractivity contribution in [3.8, 4) is 11.7 Å². The Morgan fingerprint density at radius 1 is 1.26 bits per heavy atom. The first-order chi connectivity index (χ1) is 12.7. The highest BCUT2D eigenvalue weighted by Crippen LogP contribution is 2.36. The zero-order chi connectivity index (χ0) is 20.2. The van der Waals surface area contributed by atoms with Crippen LogP contribution in [0.1, 0.15) is 36.7 Å². The van der Waals surface area contributed by atoms with E-state index in [9.17, 15) is 9.90 Å². The van der Waals surface area contributed by atoms with Gasteiger partial charge in [-0.15, -0.1) is 4.91 Å². The lowest BCUT2D eigenvalue weighted by atomic mass is 9.87. The maximum atomic E-state index is 11.2. The van der Waals surface area contributed by atoms with Crippen molar-refractivity contribution in [2.24, 2.45) is 5.34 Å². The summed E-state index contributed by atoms with van der Waals surface area (Å²) in [4.78, 5) is 32.2. The first kappa shape index (κ1) is 19.8. The minimum absolute atomic E-state index is 0.167. The number of carbonyl (C=O) groups is 1. The lowest BCUT2D eigenvalue weighted by Gasteiger charge is -2.17. The van der Waals surface area contributed by atoms with E-state index in [-0.39, 0.29) is 11.0 Å². The quantitative estimate of drug-likeness (QED) is 0.527. The molecular weight excluding hydrogens is 354 g/mol. The second kappa shape index (κ2) is 7.77. The molecule has 0 unspecified atom stereocenters. The molecule has 0 aromatic carbocycles. The number of hydrogen-bond acceptors (Lipinski definition) is 7. The third-order valence-electron chi connectivity index (χ3n) is 3.79. The summed E-state index contributed by atoms with van der Waals surface area (Å²) in [5.74, 6) is -0.0346. The molecule has 0 aliphatic carbocycles. The third-order valence-corrected chi connectivity index (χ3v) is 3.79. The lowest BCUT2D eigenvalue weighted by Crippen LogP contribution is -2.10. The molecule has 0 amide bonds. The number of hydrogen-bond donors (Lipinski definition) is 2. The fraction of sp³-hybridized carbons (Fsp3) is 0.294. The molecule has 3 aromatic heterocycles. The minimum atomic E-state index is -1.00. The average Bonchev–Trinajstić information content (AvgIpc) is 3.02. The molecule has 0 bridgehead atoms. The highest BCUT2D eigenvalue weighted by Gasteiger charge is 2.25. The van der Waals surface area contributed by atoms with Crippen LogP contribution in [0.5, 0.6) is 5.88 Å². The van der Waals surface area contributed by atoms with Crippen molar-refractivity contribution in [1.82, 2.24) is 19.5 Å². The predicted molar refractivity (Wildman–Crippen MR) is 96.5 cm³/mol. The zero-order valence-corrected chi connectivity index (χ0v) is 15.2. The van der Waals surface area contributed by atoms with Crippen molar-refractivity contribution in [2.75, 3.05) is 7.11 Å². The highest BCUT2D eigenvalue weighted by molar-refractivity contribution is 5.89. The van der Waals surface area contributed by atoms with Gasteiger partial charge in [-0.1, -0.05) is 20.8 Å². The van der Waals surface area contributed by atoms with Gasteiger partial charge in [0.25, 0.3) is 0 Å². The number of fused-ring (bicyclic) bond motifs is 1. The summed E-state index contributed by atoms with van der Waals surface area (Å²) in [6.07, 6.45) is 4.81. The lowest BCUT2D eigenvalue weighted by molar-refractivity contribution is 0.0696. The summed E-state index contributed by atoms with van der Waals surface area (Å²) >= 11 is 0. The Balaban J connectivity index is 0.000000817. The molecule has 27 heavy (non-hydrogen) atoms. The number of carboxylic acids is 1. The summed E-state index contributed by atoms with van der Waals surface area (Å²) in [5, 5.41) is 17.9. The SMILES string of the molecule is COc1ncnc2c1c(C(C)(C)C)cn2-c1cc(C(=O)O)ccn1.O=NO. The first-order valence-electron chi connectivity index (χ1n) is 7.81. The van der Waals surface area contributed by atoms with Gasteiger partial charge in [-0.05, 0) is 23.1 Å². The van der Waals surface area contributed by atoms with Crippen molar-refractivity contribution in [3.05, 3.63) is 46.9 Å². The molecule has 0 aliphatic rings. The molecule has 3 rings (SSSR count). The number of nitrogens with zero attached hydrogens (tertiary/aromatic N) is 5. The van der Waals surface area contributed by atoms with Crippen LogP contribution in [0, 0.1) is 4.91 Å². The molecule has 0 aliphatic heterocycles. The van der Waals surface area contributed by atoms with Gasteiger partial charge in [0, 0.05) is 12.4 Å². The van der Waals surface area contributed by atoms with E-state index in [2.05, 4.69) is 35.7 Å².